The highest BCUT2D eigenvalue weighted by Gasteiger charge is 2.39. The second-order valence-electron chi connectivity index (χ2n) is 9.66. The zero-order valence-electron chi connectivity index (χ0n) is 21.8. The molecule has 41 heavy (non-hydrogen) atoms. The maximum atomic E-state index is 13.0. The first kappa shape index (κ1) is 27.4. The number of aromatic hydroxyl groups is 1. The number of aromatic carboxylic acids is 1. The van der Waals surface area contributed by atoms with Gasteiger partial charge in [-0.3, -0.25) is 9.69 Å². The van der Waals surface area contributed by atoms with Gasteiger partial charge in [0.1, 0.15) is 11.5 Å². The number of phenols is 1. The molecule has 6 N–H and O–H groups in total. The molecule has 210 valence electrons. The van der Waals surface area contributed by atoms with Gasteiger partial charge >= 0.3 is 11.9 Å². The summed E-state index contributed by atoms with van der Waals surface area (Å²) in [5.74, 6) is -5.69. The van der Waals surface area contributed by atoms with Crippen LogP contribution in [0, 0.1) is 0 Å². The molecule has 0 spiro atoms. The second-order valence-corrected chi connectivity index (χ2v) is 9.66. The van der Waals surface area contributed by atoms with E-state index >= 15 is 0 Å². The van der Waals surface area contributed by atoms with Crippen LogP contribution in [0.5, 0.6) is 5.75 Å². The number of carboxylic acids is 1. The number of rotatable bonds is 6. The number of fused-ring (bicyclic) bond motifs is 1. The first-order valence-corrected chi connectivity index (χ1v) is 12.6. The zero-order chi connectivity index (χ0) is 29.5. The van der Waals surface area contributed by atoms with E-state index in [1.807, 2.05) is 0 Å². The van der Waals surface area contributed by atoms with Crippen LogP contribution in [0.4, 0.5) is 17.1 Å². The van der Waals surface area contributed by atoms with Gasteiger partial charge in [0.05, 0.1) is 40.9 Å². The van der Waals surface area contributed by atoms with Crippen molar-refractivity contribution in [1.29, 1.82) is 0 Å². The van der Waals surface area contributed by atoms with Crippen LogP contribution in [0.1, 0.15) is 44.7 Å². The minimum Gasteiger partial charge on any atom is -0.507 e. The van der Waals surface area contributed by atoms with Gasteiger partial charge in [-0.2, -0.15) is 0 Å². The van der Waals surface area contributed by atoms with E-state index in [1.165, 1.54) is 54.5 Å². The SMILES string of the molecule is COC(=O)c1ccc2c(c1)N(c1ccc(C3=C(O)C=C(Nc4ccccc4C(=O)O)CC3(O)O)c(O)c1)C(=O)CC2. The largest absolute Gasteiger partial charge is 0.507 e. The summed E-state index contributed by atoms with van der Waals surface area (Å²) >= 11 is 0. The Hall–Kier alpha value is -5.13. The quantitative estimate of drug-likeness (QED) is 0.192. The summed E-state index contributed by atoms with van der Waals surface area (Å²) in [4.78, 5) is 37.9. The molecule has 11 heteroatoms. The summed E-state index contributed by atoms with van der Waals surface area (Å²) in [5, 5.41) is 55.9. The van der Waals surface area contributed by atoms with Crippen molar-refractivity contribution < 1.29 is 44.7 Å². The summed E-state index contributed by atoms with van der Waals surface area (Å²) in [6, 6.07) is 15.0. The van der Waals surface area contributed by atoms with Crippen molar-refractivity contribution in [2.24, 2.45) is 0 Å². The Bertz CT molecular complexity index is 1660. The highest BCUT2D eigenvalue weighted by atomic mass is 16.5. The average Bonchev–Trinajstić information content (AvgIpc) is 2.92. The zero-order valence-corrected chi connectivity index (χ0v) is 21.8. The number of benzene rings is 3. The van der Waals surface area contributed by atoms with Gasteiger partial charge < -0.3 is 35.6 Å². The van der Waals surface area contributed by atoms with Crippen LogP contribution in [0.3, 0.4) is 0 Å². The lowest BCUT2D eigenvalue weighted by molar-refractivity contribution is -0.118. The number of anilines is 3. The van der Waals surface area contributed by atoms with Crippen LogP contribution < -0.4 is 10.2 Å². The number of ether oxygens (including phenoxy) is 1. The molecule has 3 aromatic rings. The predicted molar refractivity (Wildman–Crippen MR) is 148 cm³/mol. The van der Waals surface area contributed by atoms with E-state index in [-0.39, 0.29) is 51.7 Å². The molecule has 0 saturated carbocycles. The number of aliphatic hydroxyl groups excluding tert-OH is 1. The van der Waals surface area contributed by atoms with E-state index in [1.54, 1.807) is 24.3 Å². The molecule has 0 radical (unpaired) electrons. The van der Waals surface area contributed by atoms with Crippen molar-refractivity contribution in [1.82, 2.24) is 0 Å². The predicted octanol–water partition coefficient (Wildman–Crippen LogP) is 3.84. The number of allylic oxidation sites excluding steroid dienone is 1. The maximum absolute atomic E-state index is 13.0. The van der Waals surface area contributed by atoms with E-state index in [2.05, 4.69) is 5.32 Å². The van der Waals surface area contributed by atoms with Crippen LogP contribution in [0.25, 0.3) is 5.57 Å². The van der Waals surface area contributed by atoms with Gasteiger partial charge in [-0.05, 0) is 54.5 Å². The number of carboxylic acid groups (broad SMARTS) is 1. The van der Waals surface area contributed by atoms with Gasteiger partial charge in [-0.15, -0.1) is 0 Å². The van der Waals surface area contributed by atoms with E-state index in [4.69, 9.17) is 4.74 Å². The molecule has 1 heterocycles. The summed E-state index contributed by atoms with van der Waals surface area (Å²) in [5.41, 5.74) is 1.57. The molecule has 2 aliphatic rings. The molecule has 0 bridgehead atoms. The number of esters is 1. The minimum absolute atomic E-state index is 0.0510. The third kappa shape index (κ3) is 5.11. The van der Waals surface area contributed by atoms with Crippen molar-refractivity contribution in [2.75, 3.05) is 17.3 Å². The number of hydrogen-bond acceptors (Lipinski definition) is 9. The molecule has 0 aromatic heterocycles. The maximum Gasteiger partial charge on any atom is 0.337 e. The van der Waals surface area contributed by atoms with Crippen LogP contribution in [-0.4, -0.2) is 56.3 Å². The number of aryl methyl sites for hydroxylation is 1. The number of aliphatic hydroxyl groups is 3. The number of amides is 1. The van der Waals surface area contributed by atoms with Crippen molar-refractivity contribution in [3.05, 3.63) is 100 Å². The van der Waals surface area contributed by atoms with E-state index < -0.39 is 35.7 Å². The fraction of sp³-hybridized carbons (Fsp3) is 0.167. The topological polar surface area (TPSA) is 177 Å². The molecule has 1 amide bonds. The van der Waals surface area contributed by atoms with Crippen molar-refractivity contribution in [3.63, 3.8) is 0 Å². The lowest BCUT2D eigenvalue weighted by Gasteiger charge is -2.32. The average molecular weight is 559 g/mol. The van der Waals surface area contributed by atoms with Crippen molar-refractivity contribution >= 4 is 40.5 Å². The number of hydrogen-bond donors (Lipinski definition) is 6. The summed E-state index contributed by atoms with van der Waals surface area (Å²) in [7, 11) is 1.25. The molecule has 0 saturated heterocycles. The van der Waals surface area contributed by atoms with Gasteiger partial charge in [-0.25, -0.2) is 9.59 Å². The van der Waals surface area contributed by atoms with Gasteiger partial charge in [0, 0.05) is 30.2 Å². The number of carbonyl (C=O) groups excluding carboxylic acids is 2. The molecule has 11 nitrogen and oxygen atoms in total. The van der Waals surface area contributed by atoms with Crippen LogP contribution in [-0.2, 0) is 16.0 Å². The Morgan fingerprint density at radius 3 is 2.44 bits per heavy atom. The molecule has 1 aliphatic heterocycles. The lowest BCUT2D eigenvalue weighted by Crippen LogP contribution is -2.35. The monoisotopic (exact) mass is 558 g/mol. The number of phenolic OH excluding ortho intramolecular Hbond substituents is 1. The van der Waals surface area contributed by atoms with Crippen LogP contribution >= 0.6 is 0 Å². The summed E-state index contributed by atoms with van der Waals surface area (Å²) < 4.78 is 4.79. The van der Waals surface area contributed by atoms with E-state index in [0.717, 1.165) is 5.56 Å². The molecule has 0 atom stereocenters. The van der Waals surface area contributed by atoms with Gasteiger partial charge in [0.2, 0.25) is 5.91 Å². The molecular weight excluding hydrogens is 532 g/mol. The molecule has 1 aliphatic carbocycles. The van der Waals surface area contributed by atoms with Gasteiger partial charge in [-0.1, -0.05) is 18.2 Å². The lowest BCUT2D eigenvalue weighted by atomic mass is 9.87. The highest BCUT2D eigenvalue weighted by molar-refractivity contribution is 6.05. The van der Waals surface area contributed by atoms with Crippen LogP contribution in [0.15, 0.2) is 78.2 Å². The Morgan fingerprint density at radius 1 is 1.00 bits per heavy atom. The third-order valence-corrected chi connectivity index (χ3v) is 6.97. The molecule has 3 aromatic carbocycles. The fourth-order valence-electron chi connectivity index (χ4n) is 5.10. The number of carbonyl (C=O) groups is 3. The third-order valence-electron chi connectivity index (χ3n) is 6.97. The molecule has 0 fully saturated rings. The minimum atomic E-state index is -2.65. The smallest absolute Gasteiger partial charge is 0.337 e. The summed E-state index contributed by atoms with van der Waals surface area (Å²) in [6.45, 7) is 0. The molecular formula is C30H26N2O9. The van der Waals surface area contributed by atoms with Crippen molar-refractivity contribution in [3.8, 4) is 5.75 Å². The Kier molecular flexibility index (Phi) is 6.99. The van der Waals surface area contributed by atoms with Gasteiger partial charge in [0.15, 0.2) is 5.79 Å². The standard InChI is InChI=1S/C30H26N2O9/c1-41-29(38)17-7-6-16-8-11-26(35)32(23(16)12-17)19-9-10-21(24(33)14-19)27-25(34)13-18(15-30(27,39)40)31-22-5-3-2-4-20(22)28(36)37/h2-7,9-10,12-14,31,33-34,39-40H,8,11,15H2,1H3,(H,36,37). The number of nitrogens with one attached hydrogen (secondary N) is 1. The molecule has 0 unspecified atom stereocenters. The highest BCUT2D eigenvalue weighted by Crippen LogP contribution is 2.43. The number of methoxy groups -OCH3 is 1. The molecule has 5 rings (SSSR count). The Labute approximate surface area is 233 Å². The van der Waals surface area contributed by atoms with Crippen LogP contribution in [0.2, 0.25) is 0 Å². The van der Waals surface area contributed by atoms with Crippen molar-refractivity contribution in [2.45, 2.75) is 25.0 Å². The normalized spacial score (nSPS) is 16.1. The van der Waals surface area contributed by atoms with Gasteiger partial charge in [0.25, 0.3) is 0 Å². The summed E-state index contributed by atoms with van der Waals surface area (Å²) in [6.07, 6.45) is 1.41. The van der Waals surface area contributed by atoms with E-state index in [0.29, 0.717) is 12.1 Å². The van der Waals surface area contributed by atoms with E-state index in [9.17, 15) is 39.9 Å². The fourth-order valence-corrected chi connectivity index (χ4v) is 5.10. The first-order chi connectivity index (χ1) is 19.5. The Balaban J connectivity index is 1.51. The number of para-hydroxylation sites is 1. The Morgan fingerprint density at radius 2 is 1.76 bits per heavy atom. The second kappa shape index (κ2) is 10.5. The first-order valence-electron chi connectivity index (χ1n) is 12.6. The number of nitrogens with zero attached hydrogens (tertiary/aromatic N) is 1.